The molecule has 0 spiro atoms. The highest BCUT2D eigenvalue weighted by Crippen LogP contribution is 2.21. The van der Waals surface area contributed by atoms with Crippen LogP contribution in [0.2, 0.25) is 0 Å². The first-order chi connectivity index (χ1) is 8.17. The maximum absolute atomic E-state index is 5.55. The highest BCUT2D eigenvalue weighted by atomic mass is 79.9. The van der Waals surface area contributed by atoms with Gasteiger partial charge in [0.2, 0.25) is 0 Å². The largest absolute Gasteiger partial charge is 0.325 e. The fourth-order valence-electron chi connectivity index (χ4n) is 1.55. The minimum atomic E-state index is 0.534. The van der Waals surface area contributed by atoms with Gasteiger partial charge in [-0.1, -0.05) is 0 Å². The average molecular weight is 332 g/mol. The molecule has 0 unspecified atom stereocenters. The molecule has 2 aromatic rings. The van der Waals surface area contributed by atoms with Crippen molar-refractivity contribution in [3.05, 3.63) is 36.9 Å². The van der Waals surface area contributed by atoms with E-state index in [0.717, 1.165) is 28.3 Å². The van der Waals surface area contributed by atoms with Gasteiger partial charge in [-0.2, -0.15) is 0 Å². The molecule has 6 heteroatoms. The van der Waals surface area contributed by atoms with Crippen molar-refractivity contribution in [3.63, 3.8) is 0 Å². The Labute approximate surface area is 117 Å². The Balaban J connectivity index is 1.90. The number of hydrogen-bond acceptors (Lipinski definition) is 5. The predicted molar refractivity (Wildman–Crippen MR) is 77.2 cm³/mol. The number of halogens is 1. The maximum Gasteiger partial charge on any atom is 0.106 e. The average Bonchev–Trinajstić information content (AvgIpc) is 2.88. The van der Waals surface area contributed by atoms with Crippen LogP contribution in [0.25, 0.3) is 0 Å². The van der Waals surface area contributed by atoms with E-state index >= 15 is 0 Å². The summed E-state index contributed by atoms with van der Waals surface area (Å²) in [7, 11) is 2.11. The van der Waals surface area contributed by atoms with Gasteiger partial charge in [-0.25, -0.2) is 4.98 Å². The summed E-state index contributed by atoms with van der Waals surface area (Å²) >= 11 is 6.87. The molecule has 17 heavy (non-hydrogen) atoms. The van der Waals surface area contributed by atoms with Crippen LogP contribution in [-0.2, 0) is 19.6 Å². The van der Waals surface area contributed by atoms with Crippen LogP contribution in [0.3, 0.4) is 0 Å². The lowest BCUT2D eigenvalue weighted by molar-refractivity contribution is 0.318. The number of rotatable bonds is 5. The van der Waals surface area contributed by atoms with Crippen LogP contribution in [-0.4, -0.2) is 16.9 Å². The van der Waals surface area contributed by atoms with E-state index in [2.05, 4.69) is 49.7 Å². The van der Waals surface area contributed by atoms with Gasteiger partial charge >= 0.3 is 0 Å². The van der Waals surface area contributed by atoms with E-state index in [1.54, 1.807) is 22.7 Å². The van der Waals surface area contributed by atoms with Crippen LogP contribution < -0.4 is 5.73 Å². The number of thiazole rings is 1. The quantitative estimate of drug-likeness (QED) is 0.915. The third-order valence-electron chi connectivity index (χ3n) is 2.25. The molecule has 0 saturated heterocycles. The van der Waals surface area contributed by atoms with E-state index in [-0.39, 0.29) is 0 Å². The number of nitrogens with zero attached hydrogens (tertiary/aromatic N) is 2. The summed E-state index contributed by atoms with van der Waals surface area (Å²) in [5, 5.41) is 5.20. The third kappa shape index (κ3) is 3.86. The molecule has 92 valence electrons. The van der Waals surface area contributed by atoms with Gasteiger partial charge in [0.05, 0.1) is 5.69 Å². The van der Waals surface area contributed by atoms with Crippen molar-refractivity contribution in [1.29, 1.82) is 0 Å². The van der Waals surface area contributed by atoms with Crippen LogP contribution in [0.4, 0.5) is 0 Å². The molecule has 0 aliphatic rings. The summed E-state index contributed by atoms with van der Waals surface area (Å²) in [5.74, 6) is 0. The molecule has 0 amide bonds. The number of nitrogens with two attached hydrogens (primary N) is 1. The first-order valence-corrected chi connectivity index (χ1v) is 7.77. The van der Waals surface area contributed by atoms with Crippen LogP contribution >= 0.6 is 38.6 Å². The predicted octanol–water partition coefficient (Wildman–Crippen LogP) is 3.06. The molecule has 0 aliphatic heterocycles. The van der Waals surface area contributed by atoms with Crippen molar-refractivity contribution in [1.82, 2.24) is 9.88 Å². The fraction of sp³-hybridized carbons (Fsp3) is 0.364. The lowest BCUT2D eigenvalue weighted by Gasteiger charge is -2.13. The van der Waals surface area contributed by atoms with Crippen molar-refractivity contribution >= 4 is 38.6 Å². The molecule has 2 N–H and O–H groups in total. The molecule has 3 nitrogen and oxygen atoms in total. The van der Waals surface area contributed by atoms with Crippen LogP contribution in [0.5, 0.6) is 0 Å². The lowest BCUT2D eigenvalue weighted by atomic mass is 10.4. The van der Waals surface area contributed by atoms with E-state index in [1.165, 1.54) is 4.88 Å². The van der Waals surface area contributed by atoms with Gasteiger partial charge in [-0.05, 0) is 29.0 Å². The first kappa shape index (κ1) is 13.2. The Bertz CT molecular complexity index is 481. The Hall–Kier alpha value is -0.270. The van der Waals surface area contributed by atoms with Crippen LogP contribution in [0.1, 0.15) is 15.6 Å². The lowest BCUT2D eigenvalue weighted by Crippen LogP contribution is -2.16. The molecular weight excluding hydrogens is 318 g/mol. The minimum absolute atomic E-state index is 0.534. The summed E-state index contributed by atoms with van der Waals surface area (Å²) in [6.45, 7) is 2.35. The van der Waals surface area contributed by atoms with Crippen LogP contribution in [0, 0.1) is 0 Å². The molecule has 0 aliphatic carbocycles. The Morgan fingerprint density at radius 3 is 2.76 bits per heavy atom. The molecule has 0 bridgehead atoms. The van der Waals surface area contributed by atoms with Gasteiger partial charge in [0, 0.05) is 39.7 Å². The molecule has 0 saturated carbocycles. The Morgan fingerprint density at radius 1 is 1.35 bits per heavy atom. The zero-order valence-electron chi connectivity index (χ0n) is 9.52. The van der Waals surface area contributed by atoms with Crippen molar-refractivity contribution in [2.45, 2.75) is 19.6 Å². The highest BCUT2D eigenvalue weighted by Gasteiger charge is 2.06. The van der Waals surface area contributed by atoms with E-state index in [4.69, 9.17) is 5.73 Å². The second-order valence-electron chi connectivity index (χ2n) is 3.84. The van der Waals surface area contributed by atoms with Gasteiger partial charge in [0.1, 0.15) is 5.01 Å². The minimum Gasteiger partial charge on any atom is -0.325 e. The van der Waals surface area contributed by atoms with E-state index < -0.39 is 0 Å². The smallest absolute Gasteiger partial charge is 0.106 e. The molecule has 0 atom stereocenters. The molecule has 0 radical (unpaired) electrons. The van der Waals surface area contributed by atoms with Crippen molar-refractivity contribution < 1.29 is 0 Å². The zero-order valence-corrected chi connectivity index (χ0v) is 12.7. The van der Waals surface area contributed by atoms with Crippen molar-refractivity contribution in [2.75, 3.05) is 7.05 Å². The monoisotopic (exact) mass is 331 g/mol. The zero-order chi connectivity index (χ0) is 12.3. The SMILES string of the molecule is CN(Cc1csc(CN)n1)Cc1cc(Br)cs1. The number of thiophene rings is 1. The molecule has 2 aromatic heterocycles. The summed E-state index contributed by atoms with van der Waals surface area (Å²) in [4.78, 5) is 8.07. The second kappa shape index (κ2) is 6.06. The van der Waals surface area contributed by atoms with E-state index in [1.807, 2.05) is 0 Å². The molecule has 0 aromatic carbocycles. The van der Waals surface area contributed by atoms with Crippen molar-refractivity contribution in [2.24, 2.45) is 5.73 Å². The normalized spacial score (nSPS) is 11.3. The standard InChI is InChI=1S/C11H14BrN3S2/c1-15(5-10-2-8(12)6-16-10)4-9-7-17-11(3-13)14-9/h2,6-7H,3-5,13H2,1H3. The Morgan fingerprint density at radius 2 is 2.18 bits per heavy atom. The van der Waals surface area contributed by atoms with Gasteiger partial charge < -0.3 is 5.73 Å². The van der Waals surface area contributed by atoms with Crippen LogP contribution in [0.15, 0.2) is 21.3 Å². The number of aromatic nitrogens is 1. The van der Waals surface area contributed by atoms with Gasteiger partial charge in [0.15, 0.2) is 0 Å². The molecule has 2 heterocycles. The second-order valence-corrected chi connectivity index (χ2v) is 6.69. The number of hydrogen-bond donors (Lipinski definition) is 1. The van der Waals surface area contributed by atoms with Crippen molar-refractivity contribution in [3.8, 4) is 0 Å². The molecular formula is C11H14BrN3S2. The van der Waals surface area contributed by atoms with E-state index in [0.29, 0.717) is 6.54 Å². The van der Waals surface area contributed by atoms with Gasteiger partial charge in [-0.3, -0.25) is 4.90 Å². The summed E-state index contributed by atoms with van der Waals surface area (Å²) in [6.07, 6.45) is 0. The summed E-state index contributed by atoms with van der Waals surface area (Å²) < 4.78 is 1.16. The third-order valence-corrected chi connectivity index (χ3v) is 4.86. The summed E-state index contributed by atoms with van der Waals surface area (Å²) in [6, 6.07) is 2.16. The fourth-order valence-corrected chi connectivity index (χ4v) is 3.75. The topological polar surface area (TPSA) is 42.1 Å². The molecule has 2 rings (SSSR count). The highest BCUT2D eigenvalue weighted by molar-refractivity contribution is 9.10. The Kier molecular flexibility index (Phi) is 4.69. The maximum atomic E-state index is 5.55. The molecule has 0 fully saturated rings. The van der Waals surface area contributed by atoms with Gasteiger partial charge in [-0.15, -0.1) is 22.7 Å². The summed E-state index contributed by atoms with van der Waals surface area (Å²) in [5.41, 5.74) is 6.66. The first-order valence-electron chi connectivity index (χ1n) is 5.22. The van der Waals surface area contributed by atoms with Gasteiger partial charge in [0.25, 0.3) is 0 Å². The van der Waals surface area contributed by atoms with E-state index in [9.17, 15) is 0 Å².